The number of carbonyl (C=O) groups is 2. The molecule has 3 amide bonds. The Bertz CT molecular complexity index is 394. The number of ether oxygens (including phenoxy) is 1. The third-order valence-corrected chi connectivity index (χ3v) is 4.74. The molecule has 0 aromatic rings. The third kappa shape index (κ3) is 4.35. The molecule has 2 fully saturated rings. The molecule has 6 nitrogen and oxygen atoms in total. The van der Waals surface area contributed by atoms with Crippen LogP contribution < -0.4 is 10.6 Å². The lowest BCUT2D eigenvalue weighted by Crippen LogP contribution is -2.54. The molecule has 0 aromatic heterocycles. The van der Waals surface area contributed by atoms with E-state index in [4.69, 9.17) is 4.74 Å². The van der Waals surface area contributed by atoms with Crippen LogP contribution in [-0.4, -0.2) is 55.2 Å². The van der Waals surface area contributed by atoms with Crippen molar-refractivity contribution in [1.29, 1.82) is 0 Å². The zero-order valence-corrected chi connectivity index (χ0v) is 13.9. The Labute approximate surface area is 132 Å². The van der Waals surface area contributed by atoms with Gasteiger partial charge < -0.3 is 20.3 Å². The SMILES string of the molecule is CC[C@H]1CN(C(=O)NC2CCC(C(=O)NC)CC2)C[C@@H](C)O1. The van der Waals surface area contributed by atoms with Gasteiger partial charge in [0.25, 0.3) is 0 Å². The minimum Gasteiger partial charge on any atom is -0.372 e. The molecular weight excluding hydrogens is 282 g/mol. The molecule has 1 aliphatic heterocycles. The average molecular weight is 311 g/mol. The van der Waals surface area contributed by atoms with Crippen molar-refractivity contribution in [3.05, 3.63) is 0 Å². The highest BCUT2D eigenvalue weighted by molar-refractivity contribution is 5.78. The van der Waals surface area contributed by atoms with E-state index in [2.05, 4.69) is 17.6 Å². The standard InChI is InChI=1S/C16H29N3O3/c1-4-14-10-19(9-11(2)22-14)16(21)18-13-7-5-12(6-8-13)15(20)17-3/h11-14H,4-10H2,1-3H3,(H,17,20)(H,18,21)/t11-,12?,13?,14+/m1/s1. The van der Waals surface area contributed by atoms with Crippen molar-refractivity contribution >= 4 is 11.9 Å². The first-order valence-corrected chi connectivity index (χ1v) is 8.46. The lowest BCUT2D eigenvalue weighted by atomic mass is 9.85. The Morgan fingerprint density at radius 3 is 2.45 bits per heavy atom. The summed E-state index contributed by atoms with van der Waals surface area (Å²) < 4.78 is 5.79. The molecule has 1 aliphatic carbocycles. The first-order valence-electron chi connectivity index (χ1n) is 8.46. The number of carbonyl (C=O) groups excluding carboxylic acids is 2. The lowest BCUT2D eigenvalue weighted by molar-refractivity contribution is -0.125. The number of hydrogen-bond donors (Lipinski definition) is 2. The number of amides is 3. The lowest BCUT2D eigenvalue weighted by Gasteiger charge is -2.38. The fourth-order valence-corrected chi connectivity index (χ4v) is 3.41. The largest absolute Gasteiger partial charge is 0.372 e. The number of nitrogens with one attached hydrogen (secondary N) is 2. The predicted molar refractivity (Wildman–Crippen MR) is 84.5 cm³/mol. The third-order valence-electron chi connectivity index (χ3n) is 4.74. The van der Waals surface area contributed by atoms with Crippen molar-refractivity contribution in [3.63, 3.8) is 0 Å². The molecule has 0 unspecified atom stereocenters. The molecule has 1 saturated heterocycles. The quantitative estimate of drug-likeness (QED) is 0.830. The zero-order valence-electron chi connectivity index (χ0n) is 13.9. The van der Waals surface area contributed by atoms with E-state index in [0.29, 0.717) is 13.1 Å². The summed E-state index contributed by atoms with van der Waals surface area (Å²) >= 11 is 0. The zero-order chi connectivity index (χ0) is 16.1. The molecule has 2 aliphatic rings. The summed E-state index contributed by atoms with van der Waals surface area (Å²) in [6.45, 7) is 5.41. The van der Waals surface area contributed by atoms with Crippen molar-refractivity contribution in [2.45, 2.75) is 64.2 Å². The van der Waals surface area contributed by atoms with Gasteiger partial charge in [-0.15, -0.1) is 0 Å². The molecule has 2 rings (SSSR count). The summed E-state index contributed by atoms with van der Waals surface area (Å²) in [6, 6.07) is 0.198. The second-order valence-corrected chi connectivity index (χ2v) is 6.49. The maximum absolute atomic E-state index is 12.4. The molecule has 0 aromatic carbocycles. The van der Waals surface area contributed by atoms with Gasteiger partial charge in [0.1, 0.15) is 0 Å². The minimum atomic E-state index is 0.0111. The van der Waals surface area contributed by atoms with Gasteiger partial charge in [0.05, 0.1) is 12.2 Å². The van der Waals surface area contributed by atoms with E-state index in [9.17, 15) is 9.59 Å². The molecular formula is C16H29N3O3. The van der Waals surface area contributed by atoms with Gasteiger partial charge in [-0.25, -0.2) is 4.79 Å². The van der Waals surface area contributed by atoms with Crippen LogP contribution in [0.1, 0.15) is 46.0 Å². The van der Waals surface area contributed by atoms with E-state index in [1.807, 2.05) is 11.8 Å². The van der Waals surface area contributed by atoms with E-state index in [0.717, 1.165) is 32.1 Å². The second-order valence-electron chi connectivity index (χ2n) is 6.49. The number of hydrogen-bond acceptors (Lipinski definition) is 3. The summed E-state index contributed by atoms with van der Waals surface area (Å²) in [4.78, 5) is 25.9. The van der Waals surface area contributed by atoms with Crippen LogP contribution in [0.3, 0.4) is 0 Å². The Hall–Kier alpha value is -1.30. The first-order chi connectivity index (χ1) is 10.5. The monoisotopic (exact) mass is 311 g/mol. The Kier molecular flexibility index (Phi) is 6.06. The van der Waals surface area contributed by atoms with E-state index in [-0.39, 0.29) is 36.1 Å². The molecule has 1 saturated carbocycles. The molecule has 2 N–H and O–H groups in total. The summed E-state index contributed by atoms with van der Waals surface area (Å²) in [5, 5.41) is 5.84. The van der Waals surface area contributed by atoms with Gasteiger partial charge in [-0.05, 0) is 39.0 Å². The fraction of sp³-hybridized carbons (Fsp3) is 0.875. The number of morpholine rings is 1. The fourth-order valence-electron chi connectivity index (χ4n) is 3.41. The van der Waals surface area contributed by atoms with Crippen molar-refractivity contribution < 1.29 is 14.3 Å². The van der Waals surface area contributed by atoms with Crippen LogP contribution in [-0.2, 0) is 9.53 Å². The van der Waals surface area contributed by atoms with Gasteiger partial charge in [-0.1, -0.05) is 6.92 Å². The molecule has 22 heavy (non-hydrogen) atoms. The van der Waals surface area contributed by atoms with Gasteiger partial charge in [-0.3, -0.25) is 4.79 Å². The Morgan fingerprint density at radius 2 is 1.86 bits per heavy atom. The molecule has 0 spiro atoms. The summed E-state index contributed by atoms with van der Waals surface area (Å²) in [5.74, 6) is 0.226. The predicted octanol–water partition coefficient (Wildman–Crippen LogP) is 1.50. The van der Waals surface area contributed by atoms with Gasteiger partial charge in [0, 0.05) is 32.1 Å². The van der Waals surface area contributed by atoms with Crippen LogP contribution in [0.2, 0.25) is 0 Å². The van der Waals surface area contributed by atoms with E-state index in [1.54, 1.807) is 7.05 Å². The van der Waals surface area contributed by atoms with Crippen LogP contribution in [0.15, 0.2) is 0 Å². The summed E-state index contributed by atoms with van der Waals surface area (Å²) in [6.07, 6.45) is 4.60. The molecule has 0 radical (unpaired) electrons. The maximum atomic E-state index is 12.4. The number of urea groups is 1. The number of rotatable bonds is 3. The first kappa shape index (κ1) is 17.1. The van der Waals surface area contributed by atoms with Gasteiger partial charge >= 0.3 is 6.03 Å². The molecule has 0 bridgehead atoms. The molecule has 6 heteroatoms. The highest BCUT2D eigenvalue weighted by Crippen LogP contribution is 2.24. The van der Waals surface area contributed by atoms with Crippen molar-refractivity contribution in [2.75, 3.05) is 20.1 Å². The molecule has 1 heterocycles. The van der Waals surface area contributed by atoms with Gasteiger partial charge in [0.2, 0.25) is 5.91 Å². The van der Waals surface area contributed by atoms with Crippen LogP contribution in [0.5, 0.6) is 0 Å². The summed E-state index contributed by atoms with van der Waals surface area (Å²) in [7, 11) is 1.68. The Morgan fingerprint density at radius 1 is 1.18 bits per heavy atom. The van der Waals surface area contributed by atoms with Gasteiger partial charge in [-0.2, -0.15) is 0 Å². The average Bonchev–Trinajstić information content (AvgIpc) is 2.54. The second kappa shape index (κ2) is 7.81. The van der Waals surface area contributed by atoms with Crippen molar-refractivity contribution in [2.24, 2.45) is 5.92 Å². The van der Waals surface area contributed by atoms with Crippen LogP contribution in [0.4, 0.5) is 4.79 Å². The summed E-state index contributed by atoms with van der Waals surface area (Å²) in [5.41, 5.74) is 0. The van der Waals surface area contributed by atoms with E-state index in [1.165, 1.54) is 0 Å². The van der Waals surface area contributed by atoms with Crippen LogP contribution in [0, 0.1) is 5.92 Å². The topological polar surface area (TPSA) is 70.7 Å². The molecule has 2 atom stereocenters. The molecule has 126 valence electrons. The highest BCUT2D eigenvalue weighted by atomic mass is 16.5. The van der Waals surface area contributed by atoms with Crippen molar-refractivity contribution in [1.82, 2.24) is 15.5 Å². The van der Waals surface area contributed by atoms with Crippen LogP contribution >= 0.6 is 0 Å². The van der Waals surface area contributed by atoms with Gasteiger partial charge in [0.15, 0.2) is 0 Å². The van der Waals surface area contributed by atoms with Crippen molar-refractivity contribution in [3.8, 4) is 0 Å². The van der Waals surface area contributed by atoms with E-state index < -0.39 is 0 Å². The van der Waals surface area contributed by atoms with E-state index >= 15 is 0 Å². The maximum Gasteiger partial charge on any atom is 0.317 e. The number of nitrogens with zero attached hydrogens (tertiary/aromatic N) is 1. The Balaban J connectivity index is 1.79. The normalized spacial score (nSPS) is 32.4. The minimum absolute atomic E-state index is 0.0111. The smallest absolute Gasteiger partial charge is 0.317 e. The van der Waals surface area contributed by atoms with Crippen LogP contribution in [0.25, 0.3) is 0 Å². The highest BCUT2D eigenvalue weighted by Gasteiger charge is 2.30.